The van der Waals surface area contributed by atoms with E-state index in [9.17, 15) is 14.4 Å². The maximum Gasteiger partial charge on any atom is 0.284 e. The van der Waals surface area contributed by atoms with Crippen LogP contribution >= 0.6 is 0 Å². The van der Waals surface area contributed by atoms with Crippen molar-refractivity contribution in [2.45, 2.75) is 34.6 Å². The molecule has 0 radical (unpaired) electrons. The number of primary amides is 1. The van der Waals surface area contributed by atoms with E-state index in [-0.39, 0.29) is 13.2 Å². The number of hydrogen-bond donors (Lipinski definition) is 1. The van der Waals surface area contributed by atoms with E-state index in [0.717, 1.165) is 6.92 Å². The lowest BCUT2D eigenvalue weighted by Crippen LogP contribution is -2.19. The predicted molar refractivity (Wildman–Crippen MR) is 47.6 cm³/mol. The van der Waals surface area contributed by atoms with Gasteiger partial charge in [-0.2, -0.15) is 0 Å². The van der Waals surface area contributed by atoms with E-state index in [1.165, 1.54) is 0 Å². The molecular weight excluding hydrogens is 158 g/mol. The van der Waals surface area contributed by atoms with Crippen molar-refractivity contribution < 1.29 is 14.4 Å². The number of ketones is 2. The Kier molecular flexibility index (Phi) is 13.9. The smallest absolute Gasteiger partial charge is 0.284 e. The van der Waals surface area contributed by atoms with Gasteiger partial charge in [0.05, 0.1) is 0 Å². The lowest BCUT2D eigenvalue weighted by Gasteiger charge is -1.74. The molecule has 0 aromatic rings. The van der Waals surface area contributed by atoms with E-state index in [0.29, 0.717) is 6.42 Å². The minimum absolute atomic E-state index is 0. The SMILES string of the molecule is C.CC(=O)C(N)=O.CCC(C)=O. The molecule has 0 bridgehead atoms. The maximum absolute atomic E-state index is 9.81. The first-order valence-electron chi connectivity index (χ1n) is 3.21. The van der Waals surface area contributed by atoms with Crippen LogP contribution in [0.4, 0.5) is 0 Å². The maximum atomic E-state index is 9.81. The number of rotatable bonds is 2. The fourth-order valence-corrected chi connectivity index (χ4v) is 0. The van der Waals surface area contributed by atoms with Crippen LogP contribution in [-0.4, -0.2) is 17.5 Å². The molecule has 0 aliphatic rings. The van der Waals surface area contributed by atoms with Gasteiger partial charge >= 0.3 is 0 Å². The molecule has 0 saturated heterocycles. The zero-order chi connectivity index (χ0) is 9.44. The average Bonchev–Trinajstić information content (AvgIpc) is 1.89. The van der Waals surface area contributed by atoms with Gasteiger partial charge in [0.25, 0.3) is 5.91 Å². The summed E-state index contributed by atoms with van der Waals surface area (Å²) in [5, 5.41) is 0. The molecule has 0 aliphatic heterocycles. The highest BCUT2D eigenvalue weighted by Gasteiger charge is 1.95. The standard InChI is InChI=1S/C4H8O.C3H5NO2.CH4/c1-3-4(2)5;1-2(5)3(4)6;/h3H2,1-2H3;1H3,(H2,4,6);1H4. The minimum Gasteiger partial charge on any atom is -0.363 e. The van der Waals surface area contributed by atoms with Crippen molar-refractivity contribution in [2.75, 3.05) is 0 Å². The zero-order valence-corrected chi connectivity index (χ0v) is 7.01. The molecule has 12 heavy (non-hydrogen) atoms. The molecule has 2 N–H and O–H groups in total. The van der Waals surface area contributed by atoms with Crippen LogP contribution in [0.2, 0.25) is 0 Å². The number of carbonyl (C=O) groups excluding carboxylic acids is 3. The van der Waals surface area contributed by atoms with Crippen molar-refractivity contribution >= 4 is 17.5 Å². The van der Waals surface area contributed by atoms with Gasteiger partial charge in [-0.15, -0.1) is 0 Å². The van der Waals surface area contributed by atoms with Gasteiger partial charge in [-0.1, -0.05) is 14.4 Å². The Bertz CT molecular complexity index is 152. The fourth-order valence-electron chi connectivity index (χ4n) is 0. The number of Topliss-reactive ketones (excluding diaryl/α,β-unsaturated/α-hetero) is 2. The van der Waals surface area contributed by atoms with Crippen LogP contribution in [0, 0.1) is 0 Å². The van der Waals surface area contributed by atoms with Crippen LogP contribution in [0.25, 0.3) is 0 Å². The van der Waals surface area contributed by atoms with Crippen molar-refractivity contribution in [2.24, 2.45) is 5.73 Å². The van der Waals surface area contributed by atoms with Gasteiger partial charge in [-0.3, -0.25) is 9.59 Å². The first kappa shape index (κ1) is 17.1. The van der Waals surface area contributed by atoms with E-state index >= 15 is 0 Å². The Morgan fingerprint density at radius 1 is 1.17 bits per heavy atom. The minimum atomic E-state index is -0.880. The second-order valence-electron chi connectivity index (χ2n) is 1.98. The third kappa shape index (κ3) is 23.2. The number of hydrogen-bond acceptors (Lipinski definition) is 3. The lowest BCUT2D eigenvalue weighted by atomic mass is 10.4. The van der Waals surface area contributed by atoms with E-state index in [1.54, 1.807) is 6.92 Å². The van der Waals surface area contributed by atoms with Crippen molar-refractivity contribution in [1.82, 2.24) is 0 Å². The molecule has 1 amide bonds. The van der Waals surface area contributed by atoms with Crippen molar-refractivity contribution in [3.8, 4) is 0 Å². The van der Waals surface area contributed by atoms with Crippen molar-refractivity contribution in [1.29, 1.82) is 0 Å². The van der Waals surface area contributed by atoms with Gasteiger partial charge in [0.15, 0.2) is 0 Å². The Hall–Kier alpha value is -1.19. The second kappa shape index (κ2) is 9.81. The molecule has 0 fully saturated rings. The van der Waals surface area contributed by atoms with Crippen LogP contribution < -0.4 is 5.73 Å². The van der Waals surface area contributed by atoms with Gasteiger partial charge in [0, 0.05) is 13.3 Å². The number of carbonyl (C=O) groups is 3. The van der Waals surface area contributed by atoms with Crippen LogP contribution in [0.5, 0.6) is 0 Å². The summed E-state index contributed by atoms with van der Waals surface area (Å²) in [4.78, 5) is 29.1. The summed E-state index contributed by atoms with van der Waals surface area (Å²) in [6.45, 7) is 4.56. The first-order chi connectivity index (χ1) is 4.91. The molecule has 0 spiro atoms. The third-order valence-electron chi connectivity index (χ3n) is 0.845. The third-order valence-corrected chi connectivity index (χ3v) is 0.845. The van der Waals surface area contributed by atoms with Crippen LogP contribution in [0.15, 0.2) is 0 Å². The molecule has 0 unspecified atom stereocenters. The summed E-state index contributed by atoms with van der Waals surface area (Å²) >= 11 is 0. The van der Waals surface area contributed by atoms with Gasteiger partial charge in [-0.25, -0.2) is 0 Å². The largest absolute Gasteiger partial charge is 0.363 e. The summed E-state index contributed by atoms with van der Waals surface area (Å²) in [6, 6.07) is 0. The number of amides is 1. The first-order valence-corrected chi connectivity index (χ1v) is 3.21. The van der Waals surface area contributed by atoms with Gasteiger partial charge in [0.2, 0.25) is 5.78 Å². The Balaban J connectivity index is -0.000000126. The molecule has 0 heterocycles. The van der Waals surface area contributed by atoms with Crippen LogP contribution in [0.1, 0.15) is 34.6 Å². The topological polar surface area (TPSA) is 77.2 Å². The zero-order valence-electron chi connectivity index (χ0n) is 7.01. The molecule has 0 rings (SSSR count). The summed E-state index contributed by atoms with van der Waals surface area (Å²) in [7, 11) is 0. The Morgan fingerprint density at radius 2 is 1.33 bits per heavy atom. The summed E-state index contributed by atoms with van der Waals surface area (Å²) in [5.74, 6) is -1.23. The second-order valence-corrected chi connectivity index (χ2v) is 1.98. The average molecular weight is 175 g/mol. The van der Waals surface area contributed by atoms with E-state index in [4.69, 9.17) is 0 Å². The highest BCUT2D eigenvalue weighted by Crippen LogP contribution is 1.71. The predicted octanol–water partition coefficient (Wildman–Crippen LogP) is 0.682. The van der Waals surface area contributed by atoms with Crippen LogP contribution in [0.3, 0.4) is 0 Å². The molecule has 0 aromatic heterocycles. The van der Waals surface area contributed by atoms with Gasteiger partial charge < -0.3 is 10.5 Å². The summed E-state index contributed by atoms with van der Waals surface area (Å²) in [5.41, 5.74) is 4.45. The Labute approximate surface area is 73.1 Å². The molecule has 0 aromatic carbocycles. The van der Waals surface area contributed by atoms with Gasteiger partial charge in [-0.05, 0) is 6.92 Å². The number of nitrogens with two attached hydrogens (primary N) is 1. The van der Waals surface area contributed by atoms with Crippen LogP contribution in [-0.2, 0) is 14.4 Å². The molecule has 72 valence electrons. The highest BCUT2D eigenvalue weighted by atomic mass is 16.2. The molecule has 4 heteroatoms. The van der Waals surface area contributed by atoms with E-state index in [2.05, 4.69) is 5.73 Å². The molecular formula is C8H17NO3. The highest BCUT2D eigenvalue weighted by molar-refractivity contribution is 6.34. The fraction of sp³-hybridized carbons (Fsp3) is 0.625. The molecule has 0 saturated carbocycles. The molecule has 4 nitrogen and oxygen atoms in total. The normalized spacial score (nSPS) is 6.92. The van der Waals surface area contributed by atoms with Crippen molar-refractivity contribution in [3.05, 3.63) is 0 Å². The monoisotopic (exact) mass is 175 g/mol. The molecule has 0 atom stereocenters. The van der Waals surface area contributed by atoms with E-state index < -0.39 is 11.7 Å². The molecule has 0 aliphatic carbocycles. The Morgan fingerprint density at radius 3 is 1.33 bits per heavy atom. The lowest BCUT2D eigenvalue weighted by molar-refractivity contribution is -0.134. The van der Waals surface area contributed by atoms with Gasteiger partial charge in [0.1, 0.15) is 5.78 Å². The van der Waals surface area contributed by atoms with Crippen molar-refractivity contribution in [3.63, 3.8) is 0 Å². The summed E-state index contributed by atoms with van der Waals surface area (Å²) < 4.78 is 0. The van der Waals surface area contributed by atoms with E-state index in [1.807, 2.05) is 6.92 Å². The quantitative estimate of drug-likeness (QED) is 0.627. The summed E-state index contributed by atoms with van der Waals surface area (Å²) in [6.07, 6.45) is 0.667.